The first-order valence-corrected chi connectivity index (χ1v) is 7.38. The van der Waals surface area contributed by atoms with Gasteiger partial charge in [-0.15, -0.1) is 0 Å². The highest BCUT2D eigenvalue weighted by molar-refractivity contribution is 7.98. The molecule has 0 heterocycles. The molecule has 0 bridgehead atoms. The average Bonchev–Trinajstić information content (AvgIpc) is 2.34. The van der Waals surface area contributed by atoms with E-state index in [9.17, 15) is 9.18 Å². The predicted molar refractivity (Wildman–Crippen MR) is 80.2 cm³/mol. The zero-order valence-corrected chi connectivity index (χ0v) is 12.3. The summed E-state index contributed by atoms with van der Waals surface area (Å²) in [4.78, 5) is 13.1. The molecular weight excluding hydrogens is 265 g/mol. The molecule has 106 valence electrons. The molecule has 4 nitrogen and oxygen atoms in total. The van der Waals surface area contributed by atoms with Gasteiger partial charge in [-0.2, -0.15) is 11.8 Å². The highest BCUT2D eigenvalue weighted by atomic mass is 32.2. The van der Waals surface area contributed by atoms with E-state index in [4.69, 9.17) is 11.5 Å². The van der Waals surface area contributed by atoms with Crippen molar-refractivity contribution < 1.29 is 9.18 Å². The second kappa shape index (κ2) is 6.65. The molecule has 19 heavy (non-hydrogen) atoms. The molecule has 1 aromatic carbocycles. The van der Waals surface area contributed by atoms with Gasteiger partial charge in [0.2, 0.25) is 0 Å². The van der Waals surface area contributed by atoms with Crippen LogP contribution in [-0.4, -0.2) is 31.0 Å². The van der Waals surface area contributed by atoms with Crippen LogP contribution in [0.3, 0.4) is 0 Å². The predicted octanol–water partition coefficient (Wildman–Crippen LogP) is 2.08. The molecule has 1 amide bonds. The van der Waals surface area contributed by atoms with Crippen LogP contribution in [0.15, 0.2) is 12.1 Å². The third-order valence-electron chi connectivity index (χ3n) is 3.17. The summed E-state index contributed by atoms with van der Waals surface area (Å²) >= 11 is 1.74. The van der Waals surface area contributed by atoms with Crippen LogP contribution in [-0.2, 0) is 0 Å². The number of carbonyl (C=O) groups is 1. The van der Waals surface area contributed by atoms with E-state index >= 15 is 0 Å². The number of carbonyl (C=O) groups excluding carboxylic acids is 1. The van der Waals surface area contributed by atoms with Crippen LogP contribution in [0, 0.1) is 5.82 Å². The highest BCUT2D eigenvalue weighted by Gasteiger charge is 2.17. The molecule has 0 aliphatic heterocycles. The van der Waals surface area contributed by atoms with Gasteiger partial charge in [0.25, 0.3) is 5.91 Å². The number of hydrogen-bond donors (Lipinski definition) is 2. The van der Waals surface area contributed by atoms with Crippen molar-refractivity contribution in [1.82, 2.24) is 0 Å². The van der Waals surface area contributed by atoms with E-state index < -0.39 is 11.7 Å². The number of hydrogen-bond acceptors (Lipinski definition) is 4. The summed E-state index contributed by atoms with van der Waals surface area (Å²) in [7, 11) is 1.80. The maximum atomic E-state index is 13.9. The average molecular weight is 285 g/mol. The molecule has 4 N–H and O–H groups in total. The van der Waals surface area contributed by atoms with Crippen LogP contribution in [0.4, 0.5) is 15.8 Å². The van der Waals surface area contributed by atoms with Gasteiger partial charge in [0, 0.05) is 18.8 Å². The van der Waals surface area contributed by atoms with Gasteiger partial charge in [-0.25, -0.2) is 4.39 Å². The number of benzene rings is 1. The molecule has 0 radical (unpaired) electrons. The number of anilines is 2. The Labute approximate surface area is 117 Å². The molecule has 0 aliphatic carbocycles. The summed E-state index contributed by atoms with van der Waals surface area (Å²) in [5.74, 6) is -0.102. The topological polar surface area (TPSA) is 72.3 Å². The van der Waals surface area contributed by atoms with E-state index in [0.29, 0.717) is 5.69 Å². The summed E-state index contributed by atoms with van der Waals surface area (Å²) in [5, 5.41) is 0. The molecule has 0 aromatic heterocycles. The van der Waals surface area contributed by atoms with E-state index in [1.807, 2.05) is 13.2 Å². The maximum Gasteiger partial charge on any atom is 0.250 e. The second-order valence-electron chi connectivity index (χ2n) is 4.50. The minimum atomic E-state index is -0.649. The smallest absolute Gasteiger partial charge is 0.250 e. The van der Waals surface area contributed by atoms with Gasteiger partial charge in [-0.1, -0.05) is 0 Å². The van der Waals surface area contributed by atoms with Gasteiger partial charge in [0.15, 0.2) is 0 Å². The molecule has 1 aromatic rings. The Hall–Kier alpha value is -1.43. The summed E-state index contributed by atoms with van der Waals surface area (Å²) in [5.41, 5.74) is 11.4. The summed E-state index contributed by atoms with van der Waals surface area (Å²) in [6.07, 6.45) is 2.95. The number of nitrogens with zero attached hydrogens (tertiary/aromatic N) is 1. The zero-order valence-electron chi connectivity index (χ0n) is 11.4. The minimum Gasteiger partial charge on any atom is -0.398 e. The van der Waals surface area contributed by atoms with Crippen LogP contribution in [0.1, 0.15) is 23.7 Å². The molecule has 0 fully saturated rings. The molecule has 1 unspecified atom stereocenters. The van der Waals surface area contributed by atoms with E-state index in [-0.39, 0.29) is 17.3 Å². The first-order valence-electron chi connectivity index (χ1n) is 5.99. The van der Waals surface area contributed by atoms with Crippen molar-refractivity contribution in [2.45, 2.75) is 19.4 Å². The molecule has 1 rings (SSSR count). The number of rotatable bonds is 6. The van der Waals surface area contributed by atoms with Gasteiger partial charge < -0.3 is 16.4 Å². The summed E-state index contributed by atoms with van der Waals surface area (Å²) in [6.45, 7) is 2.01. The first-order chi connectivity index (χ1) is 8.88. The summed E-state index contributed by atoms with van der Waals surface area (Å²) in [6, 6.07) is 2.72. The number of halogens is 1. The first kappa shape index (κ1) is 15.6. The molecular formula is C13H20FN3OS. The standard InChI is InChI=1S/C13H20FN3OS/c1-8(4-5-19-3)17(2)12-6-9(13(16)18)11(15)7-10(12)14/h6-8H,4-5,15H2,1-3H3,(H2,16,18). The Morgan fingerprint density at radius 2 is 2.16 bits per heavy atom. The Bertz CT molecular complexity index is 467. The number of amides is 1. The number of nitrogens with two attached hydrogens (primary N) is 2. The molecule has 0 saturated heterocycles. The molecule has 0 aliphatic rings. The molecule has 0 spiro atoms. The zero-order chi connectivity index (χ0) is 14.6. The lowest BCUT2D eigenvalue weighted by Crippen LogP contribution is -2.30. The van der Waals surface area contributed by atoms with Crippen LogP contribution in [0.5, 0.6) is 0 Å². The third kappa shape index (κ3) is 3.76. The molecule has 6 heteroatoms. The quantitative estimate of drug-likeness (QED) is 0.785. The van der Waals surface area contributed by atoms with Crippen LogP contribution in [0.2, 0.25) is 0 Å². The van der Waals surface area contributed by atoms with Crippen molar-refractivity contribution in [3.05, 3.63) is 23.5 Å². The van der Waals surface area contributed by atoms with Crippen molar-refractivity contribution in [3.8, 4) is 0 Å². The van der Waals surface area contributed by atoms with Gasteiger partial charge in [0.1, 0.15) is 5.82 Å². The molecule has 1 atom stereocenters. The van der Waals surface area contributed by atoms with Gasteiger partial charge in [-0.05, 0) is 37.5 Å². The Balaban J connectivity index is 3.05. The maximum absolute atomic E-state index is 13.9. The second-order valence-corrected chi connectivity index (χ2v) is 5.48. The lowest BCUT2D eigenvalue weighted by Gasteiger charge is -2.27. The lowest BCUT2D eigenvalue weighted by molar-refractivity contribution is 0.100. The van der Waals surface area contributed by atoms with E-state index in [2.05, 4.69) is 0 Å². The normalized spacial score (nSPS) is 12.2. The Kier molecular flexibility index (Phi) is 5.47. The largest absolute Gasteiger partial charge is 0.398 e. The number of nitrogen functional groups attached to an aromatic ring is 1. The summed E-state index contributed by atoms with van der Waals surface area (Å²) < 4.78 is 13.9. The van der Waals surface area contributed by atoms with Gasteiger partial charge in [-0.3, -0.25) is 4.79 Å². The van der Waals surface area contributed by atoms with Gasteiger partial charge >= 0.3 is 0 Å². The fraction of sp³-hybridized carbons (Fsp3) is 0.462. The number of primary amides is 1. The van der Waals surface area contributed by atoms with E-state index in [1.54, 1.807) is 23.7 Å². The fourth-order valence-corrected chi connectivity index (χ4v) is 2.36. The van der Waals surface area contributed by atoms with Crippen molar-refractivity contribution in [2.24, 2.45) is 5.73 Å². The van der Waals surface area contributed by atoms with Crippen molar-refractivity contribution in [3.63, 3.8) is 0 Å². The fourth-order valence-electron chi connectivity index (χ4n) is 1.78. The SMILES string of the molecule is CSCCC(C)N(C)c1cc(C(N)=O)c(N)cc1F. The van der Waals surface area contributed by atoms with Crippen LogP contribution < -0.4 is 16.4 Å². The van der Waals surface area contributed by atoms with Crippen LogP contribution in [0.25, 0.3) is 0 Å². The van der Waals surface area contributed by atoms with Crippen LogP contribution >= 0.6 is 11.8 Å². The van der Waals surface area contributed by atoms with Crippen molar-refractivity contribution in [1.29, 1.82) is 0 Å². The number of thioether (sulfide) groups is 1. The third-order valence-corrected chi connectivity index (χ3v) is 3.81. The monoisotopic (exact) mass is 285 g/mol. The molecule has 0 saturated carbocycles. The van der Waals surface area contributed by atoms with E-state index in [0.717, 1.165) is 18.2 Å². The van der Waals surface area contributed by atoms with E-state index in [1.165, 1.54) is 6.07 Å². The lowest BCUT2D eigenvalue weighted by atomic mass is 10.1. The van der Waals surface area contributed by atoms with Crippen molar-refractivity contribution >= 4 is 29.0 Å². The Morgan fingerprint density at radius 3 is 2.68 bits per heavy atom. The Morgan fingerprint density at radius 1 is 1.53 bits per heavy atom. The minimum absolute atomic E-state index is 0.0684. The van der Waals surface area contributed by atoms with Gasteiger partial charge in [0.05, 0.1) is 11.3 Å². The van der Waals surface area contributed by atoms with Crippen molar-refractivity contribution in [2.75, 3.05) is 29.7 Å². The highest BCUT2D eigenvalue weighted by Crippen LogP contribution is 2.26.